The van der Waals surface area contributed by atoms with Crippen LogP contribution in [0.5, 0.6) is 5.75 Å². The van der Waals surface area contributed by atoms with Gasteiger partial charge in [0, 0.05) is 19.2 Å². The van der Waals surface area contributed by atoms with Gasteiger partial charge in [-0.2, -0.15) is 0 Å². The number of H-pyrrole nitrogens is 2. The quantitative estimate of drug-likeness (QED) is 0.405. The van der Waals surface area contributed by atoms with Crippen molar-refractivity contribution in [2.45, 2.75) is 39.4 Å². The second-order valence-corrected chi connectivity index (χ2v) is 9.57. The number of thioether (sulfide) groups is 1. The summed E-state index contributed by atoms with van der Waals surface area (Å²) in [5.74, 6) is 0.618. The van der Waals surface area contributed by atoms with Crippen LogP contribution in [0.2, 0.25) is 0 Å². The first-order valence-corrected chi connectivity index (χ1v) is 11.7. The second kappa shape index (κ2) is 10.2. The lowest BCUT2D eigenvalue weighted by Crippen LogP contribution is -2.43. The van der Waals surface area contributed by atoms with Crippen LogP contribution in [0.25, 0.3) is 11.0 Å². The lowest BCUT2D eigenvalue weighted by atomic mass is 10.2. The number of rotatable bonds is 9. The van der Waals surface area contributed by atoms with Crippen molar-refractivity contribution < 1.29 is 9.53 Å². The van der Waals surface area contributed by atoms with Crippen molar-refractivity contribution in [2.75, 3.05) is 30.0 Å². The first kappa shape index (κ1) is 24.4. The lowest BCUT2D eigenvalue weighted by molar-refractivity contribution is -0.116. The zero-order chi connectivity index (χ0) is 24.3. The van der Waals surface area contributed by atoms with Gasteiger partial charge in [-0.25, -0.2) is 9.78 Å². The van der Waals surface area contributed by atoms with Gasteiger partial charge < -0.3 is 20.4 Å². The molecule has 0 bridgehead atoms. The molecule has 0 aliphatic rings. The number of hydrogen-bond donors (Lipinski definition) is 3. The van der Waals surface area contributed by atoms with Crippen molar-refractivity contribution >= 4 is 40.2 Å². The highest BCUT2D eigenvalue weighted by Crippen LogP contribution is 2.25. The van der Waals surface area contributed by atoms with Gasteiger partial charge in [0.25, 0.3) is 5.56 Å². The lowest BCUT2D eigenvalue weighted by Gasteiger charge is -2.26. The number of ether oxygens (including phenoxy) is 1. The Morgan fingerprint density at radius 3 is 2.58 bits per heavy atom. The van der Waals surface area contributed by atoms with Crippen LogP contribution in [0, 0.1) is 11.8 Å². The summed E-state index contributed by atoms with van der Waals surface area (Å²) in [6.45, 7) is 8.36. The normalized spacial score (nSPS) is 11.5. The van der Waals surface area contributed by atoms with E-state index in [9.17, 15) is 14.4 Å². The number of nitrogens with zero attached hydrogens (tertiary/aromatic N) is 3. The number of benzene rings is 1. The number of methoxy groups -OCH3 is 1. The molecule has 0 unspecified atom stereocenters. The van der Waals surface area contributed by atoms with Gasteiger partial charge in [0.15, 0.2) is 10.8 Å². The van der Waals surface area contributed by atoms with Crippen LogP contribution in [0.1, 0.15) is 27.7 Å². The third kappa shape index (κ3) is 5.59. The smallest absolute Gasteiger partial charge is 0.330 e. The average Bonchev–Trinajstić information content (AvgIpc) is 3.15. The molecule has 0 aliphatic carbocycles. The van der Waals surface area contributed by atoms with E-state index in [1.165, 1.54) is 21.2 Å². The minimum absolute atomic E-state index is 0.00360. The first-order chi connectivity index (χ1) is 15.6. The Labute approximate surface area is 195 Å². The zero-order valence-electron chi connectivity index (χ0n) is 19.5. The van der Waals surface area contributed by atoms with Crippen LogP contribution in [-0.4, -0.2) is 44.8 Å². The van der Waals surface area contributed by atoms with Crippen molar-refractivity contribution in [3.05, 3.63) is 39.0 Å². The number of hydrogen-bond acceptors (Lipinski definition) is 7. The molecule has 0 fully saturated rings. The first-order valence-electron chi connectivity index (χ1n) is 10.7. The molecule has 33 heavy (non-hydrogen) atoms. The summed E-state index contributed by atoms with van der Waals surface area (Å²) >= 11 is 1.23. The van der Waals surface area contributed by atoms with Gasteiger partial charge >= 0.3 is 5.69 Å². The standard InChI is InChI=1S/C22H30N6O4S/c1-12(2)9-27(18-19(23)28(10-13(3)4)22(31)26-20(18)30)17(29)11-33-21-24-15-7-6-14(32-5)8-16(15)25-21/h6-8,12-13H,9-11,23H2,1-5H3,(H,24,25)(H,26,30,31). The van der Waals surface area contributed by atoms with Crippen LogP contribution in [0.3, 0.4) is 0 Å². The molecule has 0 spiro atoms. The van der Waals surface area contributed by atoms with Crippen LogP contribution < -0.4 is 26.6 Å². The highest BCUT2D eigenvalue weighted by atomic mass is 32.2. The fourth-order valence-electron chi connectivity index (χ4n) is 3.44. The number of carbonyl (C=O) groups is 1. The number of anilines is 2. The predicted molar refractivity (Wildman–Crippen MR) is 131 cm³/mol. The maximum atomic E-state index is 13.2. The van der Waals surface area contributed by atoms with E-state index in [1.807, 2.05) is 45.9 Å². The molecular weight excluding hydrogens is 444 g/mol. The molecule has 1 aromatic carbocycles. The van der Waals surface area contributed by atoms with E-state index in [0.717, 1.165) is 11.0 Å². The van der Waals surface area contributed by atoms with Gasteiger partial charge in [-0.3, -0.25) is 19.1 Å². The zero-order valence-corrected chi connectivity index (χ0v) is 20.3. The van der Waals surface area contributed by atoms with Crippen molar-refractivity contribution in [1.29, 1.82) is 0 Å². The van der Waals surface area contributed by atoms with Crippen LogP contribution in [-0.2, 0) is 11.3 Å². The molecule has 0 atom stereocenters. The Bertz CT molecular complexity index is 1260. The number of nitrogens with one attached hydrogen (secondary N) is 2. The summed E-state index contributed by atoms with van der Waals surface area (Å²) in [6.07, 6.45) is 0. The Kier molecular flexibility index (Phi) is 7.52. The van der Waals surface area contributed by atoms with Crippen LogP contribution in [0.4, 0.5) is 11.5 Å². The third-order valence-electron chi connectivity index (χ3n) is 4.88. The van der Waals surface area contributed by atoms with Crippen LogP contribution in [0.15, 0.2) is 32.9 Å². The van der Waals surface area contributed by atoms with Crippen molar-refractivity contribution in [3.8, 4) is 5.75 Å². The summed E-state index contributed by atoms with van der Waals surface area (Å²) in [4.78, 5) is 49.6. The number of aromatic nitrogens is 4. The molecule has 3 aromatic rings. The van der Waals surface area contributed by atoms with E-state index >= 15 is 0 Å². The number of amides is 1. The maximum Gasteiger partial charge on any atom is 0.330 e. The molecule has 11 heteroatoms. The average molecular weight is 475 g/mol. The molecule has 2 heterocycles. The number of fused-ring (bicyclic) bond motifs is 1. The number of carbonyl (C=O) groups excluding carboxylic acids is 1. The third-order valence-corrected chi connectivity index (χ3v) is 5.74. The minimum Gasteiger partial charge on any atom is -0.497 e. The van der Waals surface area contributed by atoms with Gasteiger partial charge in [-0.05, 0) is 24.0 Å². The summed E-state index contributed by atoms with van der Waals surface area (Å²) in [6, 6.07) is 5.48. The molecule has 4 N–H and O–H groups in total. The topological polar surface area (TPSA) is 139 Å². The van der Waals surface area contributed by atoms with E-state index in [-0.39, 0.29) is 41.5 Å². The largest absolute Gasteiger partial charge is 0.497 e. The predicted octanol–water partition coefficient (Wildman–Crippen LogP) is 2.44. The second-order valence-electron chi connectivity index (χ2n) is 8.61. The maximum absolute atomic E-state index is 13.2. The summed E-state index contributed by atoms with van der Waals surface area (Å²) in [7, 11) is 1.59. The van der Waals surface area contributed by atoms with Gasteiger partial charge in [-0.1, -0.05) is 39.5 Å². The molecule has 10 nitrogen and oxygen atoms in total. The van der Waals surface area contributed by atoms with Gasteiger partial charge in [0.2, 0.25) is 5.91 Å². The van der Waals surface area contributed by atoms with Gasteiger partial charge in [0.05, 0.1) is 23.9 Å². The summed E-state index contributed by atoms with van der Waals surface area (Å²) in [5.41, 5.74) is 6.54. The molecule has 0 aliphatic heterocycles. The number of aromatic amines is 2. The monoisotopic (exact) mass is 474 g/mol. The van der Waals surface area contributed by atoms with E-state index in [1.54, 1.807) is 7.11 Å². The fourth-order valence-corrected chi connectivity index (χ4v) is 4.20. The summed E-state index contributed by atoms with van der Waals surface area (Å²) < 4.78 is 6.53. The molecule has 0 radical (unpaired) electrons. The van der Waals surface area contributed by atoms with E-state index in [4.69, 9.17) is 10.5 Å². The molecule has 178 valence electrons. The van der Waals surface area contributed by atoms with Gasteiger partial charge in [0.1, 0.15) is 11.6 Å². The number of imidazole rings is 1. The molecule has 0 saturated carbocycles. The highest BCUT2D eigenvalue weighted by molar-refractivity contribution is 7.99. The Balaban J connectivity index is 1.89. The van der Waals surface area contributed by atoms with Gasteiger partial charge in [-0.15, -0.1) is 0 Å². The fraction of sp³-hybridized carbons (Fsp3) is 0.455. The Hall–Kier alpha value is -3.21. The highest BCUT2D eigenvalue weighted by Gasteiger charge is 2.25. The molecule has 0 saturated heterocycles. The number of nitrogen functional groups attached to an aromatic ring is 1. The number of nitrogens with two attached hydrogens (primary N) is 1. The SMILES string of the molecule is COc1ccc2nc(SCC(=O)N(CC(C)C)c3c(N)n(CC(C)C)c(=O)[nH]c3=O)[nH]c2c1. The van der Waals surface area contributed by atoms with E-state index < -0.39 is 11.2 Å². The van der Waals surface area contributed by atoms with Crippen molar-refractivity contribution in [2.24, 2.45) is 11.8 Å². The van der Waals surface area contributed by atoms with Crippen LogP contribution >= 0.6 is 11.8 Å². The van der Waals surface area contributed by atoms with E-state index in [0.29, 0.717) is 17.5 Å². The minimum atomic E-state index is -0.674. The molecule has 2 aromatic heterocycles. The molecular formula is C22H30N6O4S. The molecule has 3 rings (SSSR count). The summed E-state index contributed by atoms with van der Waals surface area (Å²) in [5, 5.41) is 0.572. The van der Waals surface area contributed by atoms with Crippen molar-refractivity contribution in [3.63, 3.8) is 0 Å². The van der Waals surface area contributed by atoms with E-state index in [2.05, 4.69) is 15.0 Å². The Morgan fingerprint density at radius 1 is 1.21 bits per heavy atom. The van der Waals surface area contributed by atoms with Crippen molar-refractivity contribution in [1.82, 2.24) is 19.5 Å². The molecule has 1 amide bonds. The Morgan fingerprint density at radius 2 is 1.94 bits per heavy atom.